The first-order valence-corrected chi connectivity index (χ1v) is 10.0. The van der Waals surface area contributed by atoms with Gasteiger partial charge in [0.15, 0.2) is 0 Å². The van der Waals surface area contributed by atoms with Crippen LogP contribution < -0.4 is 0 Å². The molecule has 4 heteroatoms. The third kappa shape index (κ3) is 2.36. The van der Waals surface area contributed by atoms with E-state index in [1.54, 1.807) is 0 Å². The third-order valence-corrected chi connectivity index (χ3v) is 8.84. The highest BCUT2D eigenvalue weighted by Gasteiger charge is 2.63. The lowest BCUT2D eigenvalue weighted by atomic mass is 9.47. The van der Waals surface area contributed by atoms with Gasteiger partial charge >= 0.3 is 5.97 Å². The molecule has 0 aliphatic heterocycles. The summed E-state index contributed by atoms with van der Waals surface area (Å²) in [5.74, 6) is 0.693. The molecule has 3 fully saturated rings. The minimum Gasteiger partial charge on any atom is -0.481 e. The summed E-state index contributed by atoms with van der Waals surface area (Å²) in [6.07, 6.45) is 9.45. The van der Waals surface area contributed by atoms with Gasteiger partial charge in [-0.15, -0.1) is 0 Å². The van der Waals surface area contributed by atoms with Crippen molar-refractivity contribution in [3.63, 3.8) is 0 Å². The lowest BCUT2D eigenvalue weighted by Gasteiger charge is -2.59. The molecule has 4 aliphatic carbocycles. The first kappa shape index (κ1) is 17.5. The van der Waals surface area contributed by atoms with Gasteiger partial charge in [-0.1, -0.05) is 25.5 Å². The molecule has 0 heterocycles. The predicted octanol–water partition coefficient (Wildman–Crippen LogP) is 3.52. The number of allylic oxidation sites excluding steroid dienone is 1. The van der Waals surface area contributed by atoms with E-state index in [-0.39, 0.29) is 23.4 Å². The zero-order valence-corrected chi connectivity index (χ0v) is 15.5. The van der Waals surface area contributed by atoms with Crippen molar-refractivity contribution in [2.45, 2.75) is 83.3 Å². The van der Waals surface area contributed by atoms with Gasteiger partial charge in [-0.3, -0.25) is 4.79 Å². The van der Waals surface area contributed by atoms with Crippen molar-refractivity contribution < 1.29 is 20.1 Å². The number of rotatable bonds is 2. The zero-order chi connectivity index (χ0) is 18.0. The molecule has 3 N–H and O–H groups in total. The van der Waals surface area contributed by atoms with E-state index in [0.717, 1.165) is 44.9 Å². The maximum atomic E-state index is 11.3. The highest BCUT2D eigenvalue weighted by molar-refractivity contribution is 5.68. The van der Waals surface area contributed by atoms with Crippen molar-refractivity contribution in [1.82, 2.24) is 0 Å². The van der Waals surface area contributed by atoms with Crippen LogP contribution in [0.3, 0.4) is 0 Å². The average molecular weight is 348 g/mol. The second-order valence-corrected chi connectivity index (χ2v) is 9.75. The molecule has 7 atom stereocenters. The Morgan fingerprint density at radius 2 is 1.88 bits per heavy atom. The number of aliphatic carboxylic acids is 1. The lowest BCUT2D eigenvalue weighted by Crippen LogP contribution is -2.55. The summed E-state index contributed by atoms with van der Waals surface area (Å²) in [5.41, 5.74) is 0.316. The number of fused-ring (bicyclic) bond motifs is 5. The Bertz CT molecular complexity index is 613. The molecule has 0 radical (unpaired) electrons. The molecule has 0 unspecified atom stereocenters. The van der Waals surface area contributed by atoms with Gasteiger partial charge in [0.25, 0.3) is 0 Å². The van der Waals surface area contributed by atoms with Crippen LogP contribution in [0.5, 0.6) is 0 Å². The molecule has 0 bridgehead atoms. The normalized spacial score (nSPS) is 51.9. The highest BCUT2D eigenvalue weighted by Crippen LogP contribution is 2.67. The maximum Gasteiger partial charge on any atom is 0.306 e. The number of hydrogen-bond acceptors (Lipinski definition) is 3. The summed E-state index contributed by atoms with van der Waals surface area (Å²) in [6, 6.07) is 0. The Labute approximate surface area is 150 Å². The first-order valence-electron chi connectivity index (χ1n) is 10.0. The fraction of sp³-hybridized carbons (Fsp3) is 0.857. The molecule has 3 saturated carbocycles. The minimum absolute atomic E-state index is 0.123. The van der Waals surface area contributed by atoms with Crippen LogP contribution in [0.15, 0.2) is 11.6 Å². The van der Waals surface area contributed by atoms with E-state index < -0.39 is 11.6 Å². The number of hydrogen-bond donors (Lipinski definition) is 3. The van der Waals surface area contributed by atoms with Crippen LogP contribution >= 0.6 is 0 Å². The molecule has 0 amide bonds. The van der Waals surface area contributed by atoms with Crippen LogP contribution in [0.25, 0.3) is 0 Å². The second-order valence-electron chi connectivity index (χ2n) is 9.75. The Morgan fingerprint density at radius 1 is 1.16 bits per heavy atom. The summed E-state index contributed by atoms with van der Waals surface area (Å²) in [7, 11) is 0. The van der Waals surface area contributed by atoms with Crippen LogP contribution in [0.2, 0.25) is 0 Å². The fourth-order valence-corrected chi connectivity index (χ4v) is 7.29. The molecule has 0 spiro atoms. The van der Waals surface area contributed by atoms with Crippen LogP contribution in [0.1, 0.15) is 71.6 Å². The first-order chi connectivity index (χ1) is 11.7. The van der Waals surface area contributed by atoms with E-state index in [0.29, 0.717) is 24.2 Å². The van der Waals surface area contributed by atoms with Gasteiger partial charge in [0, 0.05) is 0 Å². The van der Waals surface area contributed by atoms with Crippen molar-refractivity contribution in [2.24, 2.45) is 28.6 Å². The van der Waals surface area contributed by atoms with Crippen molar-refractivity contribution in [2.75, 3.05) is 0 Å². The van der Waals surface area contributed by atoms with E-state index in [2.05, 4.69) is 19.9 Å². The average Bonchev–Trinajstić information content (AvgIpc) is 2.79. The quantitative estimate of drug-likeness (QED) is 0.667. The van der Waals surface area contributed by atoms with Crippen LogP contribution in [0.4, 0.5) is 0 Å². The number of carbonyl (C=O) groups is 1. The molecule has 0 saturated heterocycles. The van der Waals surface area contributed by atoms with Gasteiger partial charge in [0.05, 0.1) is 18.1 Å². The predicted molar refractivity (Wildman–Crippen MR) is 94.9 cm³/mol. The fourth-order valence-electron chi connectivity index (χ4n) is 7.29. The molecular weight excluding hydrogens is 316 g/mol. The Hall–Kier alpha value is -0.870. The number of aliphatic hydroxyl groups excluding tert-OH is 1. The van der Waals surface area contributed by atoms with Crippen molar-refractivity contribution in [3.8, 4) is 0 Å². The van der Waals surface area contributed by atoms with Crippen LogP contribution in [-0.2, 0) is 4.79 Å². The molecular formula is C21H32O4. The SMILES string of the molecule is C[C@]12CC[C@H](O)CC1=CC[C@@H]1[C@@H]2CC[C@@]2(C)[C@H]1CC[C@@]2(O)CC(=O)O. The summed E-state index contributed by atoms with van der Waals surface area (Å²) >= 11 is 0. The van der Waals surface area contributed by atoms with Crippen molar-refractivity contribution in [1.29, 1.82) is 0 Å². The van der Waals surface area contributed by atoms with Crippen LogP contribution in [0, 0.1) is 28.6 Å². The highest BCUT2D eigenvalue weighted by atomic mass is 16.4. The molecule has 0 aromatic rings. The van der Waals surface area contributed by atoms with Crippen LogP contribution in [-0.4, -0.2) is 33.0 Å². The van der Waals surface area contributed by atoms with Gasteiger partial charge < -0.3 is 15.3 Å². The van der Waals surface area contributed by atoms with Gasteiger partial charge in [0.1, 0.15) is 0 Å². The standard InChI is InChI=1S/C21H32O4/c1-19-8-5-14(22)11-13(19)3-4-15-16(19)6-9-20(2)17(15)7-10-21(20,25)12-18(23)24/h3,14-17,22,25H,4-12H2,1-2H3,(H,23,24)/t14-,15+,16-,17-,19-,20-,21+/m0/s1. The van der Waals surface area contributed by atoms with Crippen molar-refractivity contribution in [3.05, 3.63) is 11.6 Å². The topological polar surface area (TPSA) is 77.8 Å². The molecule has 25 heavy (non-hydrogen) atoms. The molecule has 4 rings (SSSR count). The lowest BCUT2D eigenvalue weighted by molar-refractivity contribution is -0.157. The minimum atomic E-state index is -1.05. The summed E-state index contributed by atoms with van der Waals surface area (Å²) < 4.78 is 0. The Morgan fingerprint density at radius 3 is 2.60 bits per heavy atom. The van der Waals surface area contributed by atoms with Gasteiger partial charge in [-0.2, -0.15) is 0 Å². The largest absolute Gasteiger partial charge is 0.481 e. The van der Waals surface area contributed by atoms with Gasteiger partial charge in [0.2, 0.25) is 0 Å². The Kier molecular flexibility index (Phi) is 3.90. The van der Waals surface area contributed by atoms with E-state index >= 15 is 0 Å². The van der Waals surface area contributed by atoms with Gasteiger partial charge in [-0.25, -0.2) is 0 Å². The van der Waals surface area contributed by atoms with E-state index in [9.17, 15) is 20.1 Å². The molecule has 4 aliphatic rings. The summed E-state index contributed by atoms with van der Waals surface area (Å²) in [6.45, 7) is 4.54. The van der Waals surface area contributed by atoms with Crippen molar-refractivity contribution >= 4 is 5.97 Å². The van der Waals surface area contributed by atoms with E-state index in [4.69, 9.17) is 0 Å². The summed E-state index contributed by atoms with van der Waals surface area (Å²) in [4.78, 5) is 11.3. The smallest absolute Gasteiger partial charge is 0.306 e. The Balaban J connectivity index is 1.65. The number of carboxylic acids is 1. The maximum absolute atomic E-state index is 11.3. The molecule has 140 valence electrons. The second kappa shape index (κ2) is 5.56. The molecule has 0 aromatic heterocycles. The molecule has 4 nitrogen and oxygen atoms in total. The molecule has 0 aromatic carbocycles. The zero-order valence-electron chi connectivity index (χ0n) is 15.5. The number of aliphatic hydroxyl groups is 2. The van der Waals surface area contributed by atoms with E-state index in [1.165, 1.54) is 5.57 Å². The van der Waals surface area contributed by atoms with Gasteiger partial charge in [-0.05, 0) is 80.0 Å². The number of carboxylic acid groups (broad SMARTS) is 1. The summed E-state index contributed by atoms with van der Waals surface area (Å²) in [5, 5.41) is 30.6. The van der Waals surface area contributed by atoms with E-state index in [1.807, 2.05) is 0 Å². The monoisotopic (exact) mass is 348 g/mol. The third-order valence-electron chi connectivity index (χ3n) is 8.84.